The van der Waals surface area contributed by atoms with Crippen LogP contribution >= 0.6 is 0 Å². The summed E-state index contributed by atoms with van der Waals surface area (Å²) in [6.45, 7) is 1.01. The monoisotopic (exact) mass is 163 g/mol. The smallest absolute Gasteiger partial charge is 0.178 e. The van der Waals surface area contributed by atoms with Crippen LogP contribution in [0.1, 0.15) is 0 Å². The molecule has 1 fully saturated rings. The van der Waals surface area contributed by atoms with Crippen LogP contribution in [-0.2, 0) is 0 Å². The minimum Gasteiger partial charge on any atom is -0.387 e. The maximum atomic E-state index is 9.14. The molecule has 0 bridgehead atoms. The molecule has 0 saturated carbocycles. The molecule has 1 rings (SSSR count). The van der Waals surface area contributed by atoms with Crippen LogP contribution in [0.4, 0.5) is 0 Å². The molecule has 0 aromatic carbocycles. The molecule has 0 radical (unpaired) electrons. The van der Waals surface area contributed by atoms with Crippen molar-refractivity contribution in [2.45, 2.75) is 12.4 Å². The third kappa shape index (κ3) is 2.37. The topological polar surface area (TPSA) is 96.8 Å². The fourth-order valence-corrected chi connectivity index (χ4v) is 0.984. The van der Waals surface area contributed by atoms with E-state index in [1.165, 1.54) is 0 Å². The van der Waals surface area contributed by atoms with Crippen LogP contribution in [0.5, 0.6) is 0 Å². The van der Waals surface area contributed by atoms with E-state index in [1.807, 2.05) is 0 Å². The van der Waals surface area contributed by atoms with Crippen LogP contribution in [0.3, 0.4) is 0 Å². The van der Waals surface area contributed by atoms with Gasteiger partial charge in [0.1, 0.15) is 6.10 Å². The predicted octanol–water partition coefficient (Wildman–Crippen LogP) is -3.11. The van der Waals surface area contributed by atoms with Gasteiger partial charge in [-0.15, -0.1) is 0 Å². The van der Waals surface area contributed by atoms with Crippen molar-refractivity contribution in [3.63, 3.8) is 0 Å². The Morgan fingerprint density at radius 1 is 1.09 bits per heavy atom. The Bertz CT molecular complexity index is 116. The first-order valence-corrected chi connectivity index (χ1v) is 3.46. The van der Waals surface area contributed by atoms with Crippen molar-refractivity contribution in [3.8, 4) is 0 Å². The minimum atomic E-state index is -1.67. The van der Waals surface area contributed by atoms with Crippen LogP contribution in [0.25, 0.3) is 0 Å². The van der Waals surface area contributed by atoms with E-state index in [-0.39, 0.29) is 5.92 Å². The predicted molar refractivity (Wildman–Crippen MR) is 36.9 cm³/mol. The Kier molecular flexibility index (Phi) is 3.18. The summed E-state index contributed by atoms with van der Waals surface area (Å²) >= 11 is 0. The number of hydrogen-bond donors (Lipinski definition) is 6. The molecule has 66 valence electrons. The van der Waals surface area contributed by atoms with E-state index in [0.717, 1.165) is 0 Å². The molecule has 0 aliphatic carbocycles. The molecule has 1 unspecified atom stereocenters. The molecule has 6 N–H and O–H groups in total. The van der Waals surface area contributed by atoms with Crippen LogP contribution in [0.15, 0.2) is 0 Å². The molecule has 0 aromatic heterocycles. The molecule has 1 heterocycles. The van der Waals surface area contributed by atoms with Crippen molar-refractivity contribution in [2.24, 2.45) is 5.92 Å². The van der Waals surface area contributed by atoms with Crippen molar-refractivity contribution in [3.05, 3.63) is 0 Å². The normalized spacial score (nSPS) is 24.0. The molecular formula is C5H13N3O3. The minimum absolute atomic E-state index is 0.184. The van der Waals surface area contributed by atoms with Crippen LogP contribution < -0.4 is 16.4 Å². The fraction of sp³-hybridized carbons (Fsp3) is 1.00. The Labute approximate surface area is 64.2 Å². The maximum Gasteiger partial charge on any atom is 0.178 e. The molecule has 6 heteroatoms. The van der Waals surface area contributed by atoms with Crippen LogP contribution in [0.2, 0.25) is 0 Å². The summed E-state index contributed by atoms with van der Waals surface area (Å²) in [4.78, 5) is 0. The summed E-state index contributed by atoms with van der Waals surface area (Å²) in [7, 11) is 0. The van der Waals surface area contributed by atoms with Gasteiger partial charge in [0.15, 0.2) is 6.29 Å². The van der Waals surface area contributed by atoms with Crippen molar-refractivity contribution in [2.75, 3.05) is 13.1 Å². The van der Waals surface area contributed by atoms with Gasteiger partial charge >= 0.3 is 0 Å². The number of rotatable bonds is 2. The number of aliphatic hydroxyl groups is 3. The standard InChI is InChI=1S/C5H13N3O3/c9-4(5(10)11)3-1-6-8-7-2-3/h3-11H,1-2H2. The number of hydrazine groups is 2. The Morgan fingerprint density at radius 2 is 1.64 bits per heavy atom. The fourth-order valence-electron chi connectivity index (χ4n) is 0.984. The molecule has 1 aliphatic rings. The van der Waals surface area contributed by atoms with Gasteiger partial charge in [-0.05, 0) is 0 Å². The quantitative estimate of drug-likeness (QED) is 0.241. The molecule has 0 amide bonds. The van der Waals surface area contributed by atoms with Gasteiger partial charge in [0, 0.05) is 19.0 Å². The molecular weight excluding hydrogens is 150 g/mol. The Hall–Kier alpha value is -0.240. The van der Waals surface area contributed by atoms with E-state index in [1.54, 1.807) is 0 Å². The third-order valence-corrected chi connectivity index (χ3v) is 1.69. The van der Waals surface area contributed by atoms with E-state index in [2.05, 4.69) is 16.4 Å². The second kappa shape index (κ2) is 3.96. The average molecular weight is 163 g/mol. The van der Waals surface area contributed by atoms with Crippen molar-refractivity contribution in [1.82, 2.24) is 16.4 Å². The highest BCUT2D eigenvalue weighted by molar-refractivity contribution is 4.75. The SMILES string of the molecule is OC(O)C(O)C1CNNNC1. The molecule has 1 aliphatic heterocycles. The molecule has 1 atom stereocenters. The number of nitrogens with one attached hydrogen (secondary N) is 3. The number of aliphatic hydroxyl groups excluding tert-OH is 2. The van der Waals surface area contributed by atoms with E-state index in [0.29, 0.717) is 13.1 Å². The van der Waals surface area contributed by atoms with E-state index >= 15 is 0 Å². The Balaban J connectivity index is 2.32. The van der Waals surface area contributed by atoms with Gasteiger partial charge in [0.25, 0.3) is 0 Å². The van der Waals surface area contributed by atoms with Crippen molar-refractivity contribution >= 4 is 0 Å². The first-order valence-electron chi connectivity index (χ1n) is 3.46. The van der Waals surface area contributed by atoms with Gasteiger partial charge in [-0.3, -0.25) is 0 Å². The summed E-state index contributed by atoms with van der Waals surface area (Å²) in [5.74, 6) is -0.184. The van der Waals surface area contributed by atoms with Gasteiger partial charge in [0.05, 0.1) is 0 Å². The van der Waals surface area contributed by atoms with Gasteiger partial charge < -0.3 is 15.3 Å². The Morgan fingerprint density at radius 3 is 2.09 bits per heavy atom. The molecule has 11 heavy (non-hydrogen) atoms. The van der Waals surface area contributed by atoms with Crippen molar-refractivity contribution in [1.29, 1.82) is 0 Å². The lowest BCUT2D eigenvalue weighted by Crippen LogP contribution is -2.58. The first-order chi connectivity index (χ1) is 5.22. The lowest BCUT2D eigenvalue weighted by atomic mass is 10.0. The number of hydrogen-bond acceptors (Lipinski definition) is 6. The van der Waals surface area contributed by atoms with Gasteiger partial charge in [-0.2, -0.15) is 5.53 Å². The summed E-state index contributed by atoms with van der Waals surface area (Å²) in [6, 6.07) is 0. The highest BCUT2D eigenvalue weighted by Gasteiger charge is 2.25. The first kappa shape index (κ1) is 8.85. The summed E-state index contributed by atoms with van der Waals surface area (Å²) in [5, 5.41) is 26.3. The summed E-state index contributed by atoms with van der Waals surface area (Å²) < 4.78 is 0. The summed E-state index contributed by atoms with van der Waals surface area (Å²) in [5.41, 5.74) is 8.09. The molecule has 0 aromatic rings. The average Bonchev–Trinajstić information content (AvgIpc) is 2.05. The van der Waals surface area contributed by atoms with Crippen LogP contribution in [-0.4, -0.2) is 40.8 Å². The third-order valence-electron chi connectivity index (χ3n) is 1.69. The largest absolute Gasteiger partial charge is 0.387 e. The molecule has 0 spiro atoms. The second-order valence-corrected chi connectivity index (χ2v) is 2.55. The highest BCUT2D eigenvalue weighted by Crippen LogP contribution is 2.05. The van der Waals surface area contributed by atoms with Gasteiger partial charge in [-0.1, -0.05) is 0 Å². The van der Waals surface area contributed by atoms with E-state index in [9.17, 15) is 0 Å². The maximum absolute atomic E-state index is 9.14. The summed E-state index contributed by atoms with van der Waals surface area (Å²) in [6.07, 6.45) is -2.77. The lowest BCUT2D eigenvalue weighted by Gasteiger charge is -2.28. The second-order valence-electron chi connectivity index (χ2n) is 2.55. The van der Waals surface area contributed by atoms with Crippen LogP contribution in [0, 0.1) is 5.92 Å². The lowest BCUT2D eigenvalue weighted by molar-refractivity contribution is -0.142. The van der Waals surface area contributed by atoms with Crippen molar-refractivity contribution < 1.29 is 15.3 Å². The molecule has 6 nitrogen and oxygen atoms in total. The van der Waals surface area contributed by atoms with Gasteiger partial charge in [-0.25, -0.2) is 10.9 Å². The van der Waals surface area contributed by atoms with E-state index in [4.69, 9.17) is 15.3 Å². The van der Waals surface area contributed by atoms with E-state index < -0.39 is 12.4 Å². The zero-order valence-electron chi connectivity index (χ0n) is 5.99. The van der Waals surface area contributed by atoms with Gasteiger partial charge in [0.2, 0.25) is 0 Å². The highest BCUT2D eigenvalue weighted by atomic mass is 16.5. The zero-order chi connectivity index (χ0) is 8.27. The molecule has 1 saturated heterocycles. The zero-order valence-corrected chi connectivity index (χ0v) is 5.99.